The third-order valence-corrected chi connectivity index (χ3v) is 4.47. The second kappa shape index (κ2) is 5.62. The van der Waals surface area contributed by atoms with E-state index in [0.717, 1.165) is 41.5 Å². The third-order valence-electron chi connectivity index (χ3n) is 4.47. The molecule has 1 aliphatic heterocycles. The van der Waals surface area contributed by atoms with Crippen molar-refractivity contribution in [3.8, 4) is 0 Å². The van der Waals surface area contributed by atoms with E-state index in [9.17, 15) is 5.11 Å². The van der Waals surface area contributed by atoms with E-state index in [-0.39, 0.29) is 18.1 Å². The summed E-state index contributed by atoms with van der Waals surface area (Å²) in [5.41, 5.74) is 8.99. The molecule has 2 aromatic rings. The van der Waals surface area contributed by atoms with Crippen LogP contribution in [0.5, 0.6) is 0 Å². The van der Waals surface area contributed by atoms with Crippen LogP contribution in [0.1, 0.15) is 24.8 Å². The lowest BCUT2D eigenvalue weighted by Gasteiger charge is -2.15. The monoisotopic (exact) mass is 309 g/mol. The van der Waals surface area contributed by atoms with Gasteiger partial charge in [-0.05, 0) is 48.6 Å². The molecule has 4 N–H and O–H groups in total. The summed E-state index contributed by atoms with van der Waals surface area (Å²) in [6.07, 6.45) is 6.13. The average Bonchev–Trinajstić information content (AvgIpc) is 3.18. The van der Waals surface area contributed by atoms with E-state index in [2.05, 4.69) is 26.3 Å². The zero-order chi connectivity index (χ0) is 15.8. The van der Waals surface area contributed by atoms with Crippen molar-refractivity contribution in [1.82, 2.24) is 9.97 Å². The fourth-order valence-corrected chi connectivity index (χ4v) is 3.27. The van der Waals surface area contributed by atoms with E-state index in [1.807, 2.05) is 24.4 Å². The van der Waals surface area contributed by atoms with Gasteiger partial charge in [0.2, 0.25) is 5.95 Å². The van der Waals surface area contributed by atoms with Gasteiger partial charge >= 0.3 is 0 Å². The number of nitrogens with zero attached hydrogens (tertiary/aromatic N) is 3. The summed E-state index contributed by atoms with van der Waals surface area (Å²) in [4.78, 5) is 12.9. The number of hydrogen-bond acceptors (Lipinski definition) is 6. The highest BCUT2D eigenvalue weighted by molar-refractivity contribution is 5.95. The van der Waals surface area contributed by atoms with Gasteiger partial charge < -0.3 is 16.2 Å². The van der Waals surface area contributed by atoms with Crippen molar-refractivity contribution in [2.24, 2.45) is 4.99 Å². The predicted molar refractivity (Wildman–Crippen MR) is 92.6 cm³/mol. The average molecular weight is 309 g/mol. The number of anilines is 2. The maximum absolute atomic E-state index is 9.69. The van der Waals surface area contributed by atoms with Crippen LogP contribution in [0.15, 0.2) is 29.3 Å². The SMILES string of the molecule is Nc1nc(N[C@H]2CC[C@H](O)C2)c2ccc(C3=CC=NC3)cc2n1. The summed E-state index contributed by atoms with van der Waals surface area (Å²) < 4.78 is 0. The van der Waals surface area contributed by atoms with Crippen LogP contribution in [0.4, 0.5) is 11.8 Å². The first kappa shape index (κ1) is 14.1. The fourth-order valence-electron chi connectivity index (χ4n) is 3.27. The Bertz CT molecular complexity index is 814. The molecule has 2 aliphatic rings. The first-order chi connectivity index (χ1) is 11.2. The highest BCUT2D eigenvalue weighted by Crippen LogP contribution is 2.29. The quantitative estimate of drug-likeness (QED) is 0.806. The van der Waals surface area contributed by atoms with Crippen LogP contribution in [0, 0.1) is 0 Å². The molecule has 6 nitrogen and oxygen atoms in total. The molecule has 4 rings (SSSR count). The Kier molecular flexibility index (Phi) is 3.46. The normalized spacial score (nSPS) is 23.4. The Morgan fingerprint density at radius 2 is 2.13 bits per heavy atom. The summed E-state index contributed by atoms with van der Waals surface area (Å²) in [5, 5.41) is 14.0. The maximum Gasteiger partial charge on any atom is 0.222 e. The van der Waals surface area contributed by atoms with Crippen molar-refractivity contribution < 1.29 is 5.11 Å². The molecule has 2 heterocycles. The van der Waals surface area contributed by atoms with Crippen LogP contribution < -0.4 is 11.1 Å². The van der Waals surface area contributed by atoms with Gasteiger partial charge in [-0.1, -0.05) is 6.07 Å². The Morgan fingerprint density at radius 3 is 2.87 bits per heavy atom. The molecule has 0 amide bonds. The van der Waals surface area contributed by atoms with E-state index in [1.54, 1.807) is 0 Å². The Morgan fingerprint density at radius 1 is 1.22 bits per heavy atom. The van der Waals surface area contributed by atoms with Gasteiger partial charge in [0.15, 0.2) is 0 Å². The lowest BCUT2D eigenvalue weighted by molar-refractivity contribution is 0.182. The van der Waals surface area contributed by atoms with Gasteiger partial charge in [-0.2, -0.15) is 4.98 Å². The Hall–Kier alpha value is -2.47. The summed E-state index contributed by atoms with van der Waals surface area (Å²) in [5.74, 6) is 1.00. The smallest absolute Gasteiger partial charge is 0.222 e. The molecule has 1 aromatic heterocycles. The molecule has 6 heteroatoms. The highest BCUT2D eigenvalue weighted by Gasteiger charge is 2.23. The number of aromatic nitrogens is 2. The molecule has 0 spiro atoms. The summed E-state index contributed by atoms with van der Waals surface area (Å²) in [6.45, 7) is 0.705. The number of aliphatic hydroxyl groups is 1. The first-order valence-electron chi connectivity index (χ1n) is 7.90. The lowest BCUT2D eigenvalue weighted by atomic mass is 10.0. The number of aliphatic hydroxyl groups excluding tert-OH is 1. The minimum Gasteiger partial charge on any atom is -0.393 e. The molecule has 0 bridgehead atoms. The molecule has 0 saturated heterocycles. The van der Waals surface area contributed by atoms with E-state index < -0.39 is 0 Å². The topological polar surface area (TPSA) is 96.4 Å². The molecule has 23 heavy (non-hydrogen) atoms. The number of fused-ring (bicyclic) bond motifs is 1. The van der Waals surface area contributed by atoms with Gasteiger partial charge in [-0.25, -0.2) is 4.98 Å². The number of rotatable bonds is 3. The first-order valence-corrected chi connectivity index (χ1v) is 7.90. The van der Waals surface area contributed by atoms with Crippen molar-refractivity contribution in [1.29, 1.82) is 0 Å². The second-order valence-electron chi connectivity index (χ2n) is 6.15. The van der Waals surface area contributed by atoms with E-state index in [0.29, 0.717) is 6.54 Å². The highest BCUT2D eigenvalue weighted by atomic mass is 16.3. The number of benzene rings is 1. The van der Waals surface area contributed by atoms with Crippen LogP contribution in [-0.2, 0) is 0 Å². The summed E-state index contributed by atoms with van der Waals surface area (Å²) in [6, 6.07) is 6.35. The Labute approximate surface area is 134 Å². The summed E-state index contributed by atoms with van der Waals surface area (Å²) >= 11 is 0. The van der Waals surface area contributed by atoms with Crippen LogP contribution in [0.3, 0.4) is 0 Å². The van der Waals surface area contributed by atoms with Gasteiger partial charge in [-0.15, -0.1) is 0 Å². The molecule has 0 unspecified atom stereocenters. The molecular weight excluding hydrogens is 290 g/mol. The van der Waals surface area contributed by atoms with Crippen LogP contribution in [-0.4, -0.2) is 40.0 Å². The Balaban J connectivity index is 1.70. The number of aliphatic imine (C=N–C) groups is 1. The van der Waals surface area contributed by atoms with Crippen molar-refractivity contribution in [2.75, 3.05) is 17.6 Å². The number of hydrogen-bond donors (Lipinski definition) is 3. The number of nitrogens with one attached hydrogen (secondary N) is 1. The van der Waals surface area contributed by atoms with E-state index in [1.165, 1.54) is 5.57 Å². The largest absolute Gasteiger partial charge is 0.393 e. The maximum atomic E-state index is 9.69. The summed E-state index contributed by atoms with van der Waals surface area (Å²) in [7, 11) is 0. The van der Waals surface area contributed by atoms with Gasteiger partial charge in [0.1, 0.15) is 5.82 Å². The number of nitrogens with two attached hydrogens (primary N) is 1. The third kappa shape index (κ3) is 2.77. The number of allylic oxidation sites excluding steroid dienone is 1. The molecule has 1 saturated carbocycles. The molecule has 1 aliphatic carbocycles. The van der Waals surface area contributed by atoms with E-state index >= 15 is 0 Å². The second-order valence-corrected chi connectivity index (χ2v) is 6.15. The van der Waals surface area contributed by atoms with Crippen molar-refractivity contribution >= 4 is 34.5 Å². The zero-order valence-corrected chi connectivity index (χ0v) is 12.7. The minimum atomic E-state index is -0.223. The van der Waals surface area contributed by atoms with Crippen molar-refractivity contribution in [3.05, 3.63) is 29.8 Å². The van der Waals surface area contributed by atoms with Crippen LogP contribution in [0.25, 0.3) is 16.5 Å². The standard InChI is InChI=1S/C17H19N5O/c18-17-21-15-7-10(11-5-6-19-9-11)1-4-14(15)16(22-17)20-12-2-3-13(23)8-12/h1,4-7,12-13,23H,2-3,8-9H2,(H3,18,20,21,22)/t12-,13-/m0/s1. The molecule has 1 fully saturated rings. The molecule has 1 aromatic carbocycles. The molecular formula is C17H19N5O. The van der Waals surface area contributed by atoms with Gasteiger partial charge in [0.25, 0.3) is 0 Å². The van der Waals surface area contributed by atoms with Crippen molar-refractivity contribution in [2.45, 2.75) is 31.4 Å². The zero-order valence-electron chi connectivity index (χ0n) is 12.7. The minimum absolute atomic E-state index is 0.223. The van der Waals surface area contributed by atoms with Crippen molar-refractivity contribution in [3.63, 3.8) is 0 Å². The van der Waals surface area contributed by atoms with Gasteiger partial charge in [0, 0.05) is 17.6 Å². The molecule has 2 atom stereocenters. The van der Waals surface area contributed by atoms with Crippen LogP contribution in [0.2, 0.25) is 0 Å². The molecule has 0 radical (unpaired) electrons. The fraction of sp³-hybridized carbons (Fsp3) is 0.353. The van der Waals surface area contributed by atoms with E-state index in [4.69, 9.17) is 5.73 Å². The van der Waals surface area contributed by atoms with Gasteiger partial charge in [0.05, 0.1) is 18.2 Å². The molecule has 118 valence electrons. The lowest BCUT2D eigenvalue weighted by Crippen LogP contribution is -2.18. The number of nitrogen functional groups attached to an aromatic ring is 1. The van der Waals surface area contributed by atoms with Gasteiger partial charge in [-0.3, -0.25) is 4.99 Å². The van der Waals surface area contributed by atoms with Crippen LogP contribution >= 0.6 is 0 Å². The predicted octanol–water partition coefficient (Wildman–Crippen LogP) is 2.01.